The predicted molar refractivity (Wildman–Crippen MR) is 105 cm³/mol. The van der Waals surface area contributed by atoms with Crippen molar-refractivity contribution in [2.45, 2.75) is 25.9 Å². The molecule has 0 bridgehead atoms. The summed E-state index contributed by atoms with van der Waals surface area (Å²) >= 11 is 1.71. The molecule has 1 heterocycles. The van der Waals surface area contributed by atoms with Gasteiger partial charge in [0, 0.05) is 23.5 Å². The van der Waals surface area contributed by atoms with Gasteiger partial charge in [-0.15, -0.1) is 11.3 Å². The van der Waals surface area contributed by atoms with E-state index in [2.05, 4.69) is 60.6 Å². The van der Waals surface area contributed by atoms with Crippen LogP contribution in [0, 0.1) is 0 Å². The van der Waals surface area contributed by atoms with Crippen molar-refractivity contribution in [2.75, 3.05) is 14.2 Å². The molecule has 130 valence electrons. The van der Waals surface area contributed by atoms with Crippen LogP contribution in [-0.4, -0.2) is 30.1 Å². The Bertz CT molecular complexity index is 783. The van der Waals surface area contributed by atoms with Crippen molar-refractivity contribution < 1.29 is 4.74 Å². The lowest BCUT2D eigenvalue weighted by Gasteiger charge is -2.24. The zero-order valence-electron chi connectivity index (χ0n) is 15.0. The molecule has 0 amide bonds. The number of hydrogen-bond acceptors (Lipinski definition) is 4. The number of likely N-dealkylation sites (N-methyl/N-ethyl adjacent to an activating group) is 1. The molecule has 0 aliphatic heterocycles. The quantitative estimate of drug-likeness (QED) is 0.606. The van der Waals surface area contributed by atoms with Crippen molar-refractivity contribution in [2.24, 2.45) is 0 Å². The van der Waals surface area contributed by atoms with Gasteiger partial charge in [0.1, 0.15) is 10.8 Å². The Morgan fingerprint density at radius 2 is 1.80 bits per heavy atom. The van der Waals surface area contributed by atoms with Crippen molar-refractivity contribution in [3.8, 4) is 16.3 Å². The minimum Gasteiger partial charge on any atom is -0.497 e. The molecule has 0 saturated heterocycles. The highest BCUT2D eigenvalue weighted by Crippen LogP contribution is 2.24. The van der Waals surface area contributed by atoms with Crippen molar-refractivity contribution in [1.82, 2.24) is 9.88 Å². The number of thiazole rings is 1. The number of aromatic nitrogens is 1. The SMILES string of the molecule is COc1ccc(CC(C)N(C)Cc2csc(-c3ccccc3)n2)cc1. The first-order chi connectivity index (χ1) is 12.2. The van der Waals surface area contributed by atoms with Crippen LogP contribution in [0.15, 0.2) is 60.0 Å². The van der Waals surface area contributed by atoms with Crippen LogP contribution in [0.4, 0.5) is 0 Å². The molecule has 0 radical (unpaired) electrons. The van der Waals surface area contributed by atoms with E-state index in [1.54, 1.807) is 18.4 Å². The van der Waals surface area contributed by atoms with Gasteiger partial charge in [-0.1, -0.05) is 42.5 Å². The summed E-state index contributed by atoms with van der Waals surface area (Å²) in [6.45, 7) is 3.12. The van der Waals surface area contributed by atoms with Gasteiger partial charge in [0.05, 0.1) is 12.8 Å². The number of nitrogens with zero attached hydrogens (tertiary/aromatic N) is 2. The van der Waals surface area contributed by atoms with Crippen molar-refractivity contribution in [1.29, 1.82) is 0 Å². The summed E-state index contributed by atoms with van der Waals surface area (Å²) in [5.74, 6) is 0.903. The molecule has 1 aromatic heterocycles. The zero-order valence-corrected chi connectivity index (χ0v) is 15.8. The van der Waals surface area contributed by atoms with Gasteiger partial charge in [-0.25, -0.2) is 4.98 Å². The summed E-state index contributed by atoms with van der Waals surface area (Å²) in [4.78, 5) is 7.15. The van der Waals surface area contributed by atoms with Crippen LogP contribution in [0.2, 0.25) is 0 Å². The maximum absolute atomic E-state index is 5.22. The van der Waals surface area contributed by atoms with E-state index in [0.717, 1.165) is 29.4 Å². The summed E-state index contributed by atoms with van der Waals surface area (Å²) in [6, 6.07) is 19.1. The van der Waals surface area contributed by atoms with Gasteiger partial charge in [0.25, 0.3) is 0 Å². The second-order valence-corrected chi connectivity index (χ2v) is 7.18. The number of hydrogen-bond donors (Lipinski definition) is 0. The second-order valence-electron chi connectivity index (χ2n) is 6.33. The van der Waals surface area contributed by atoms with Crippen LogP contribution in [-0.2, 0) is 13.0 Å². The first-order valence-electron chi connectivity index (χ1n) is 8.48. The summed E-state index contributed by atoms with van der Waals surface area (Å²) in [6.07, 6.45) is 1.01. The number of benzene rings is 2. The Kier molecular flexibility index (Phi) is 5.84. The fraction of sp³-hybridized carbons (Fsp3) is 0.286. The summed E-state index contributed by atoms with van der Waals surface area (Å²) in [7, 11) is 3.86. The molecular formula is C21H24N2OS. The Labute approximate surface area is 153 Å². The topological polar surface area (TPSA) is 25.4 Å². The van der Waals surface area contributed by atoms with Gasteiger partial charge in [-0.05, 0) is 38.1 Å². The molecule has 0 aliphatic carbocycles. The van der Waals surface area contributed by atoms with Crippen LogP contribution in [0.3, 0.4) is 0 Å². The number of ether oxygens (including phenoxy) is 1. The van der Waals surface area contributed by atoms with Crippen molar-refractivity contribution in [3.05, 3.63) is 71.2 Å². The van der Waals surface area contributed by atoms with E-state index in [1.807, 2.05) is 18.2 Å². The lowest BCUT2D eigenvalue weighted by Crippen LogP contribution is -2.30. The standard InChI is InChI=1S/C21H24N2OS/c1-16(13-17-9-11-20(24-3)12-10-17)23(2)14-19-15-25-21(22-19)18-7-5-4-6-8-18/h4-12,15-16H,13-14H2,1-3H3. The van der Waals surface area contributed by atoms with Gasteiger partial charge in [0.2, 0.25) is 0 Å². The first kappa shape index (κ1) is 17.6. The van der Waals surface area contributed by atoms with Crippen LogP contribution in [0.5, 0.6) is 5.75 Å². The number of rotatable bonds is 7. The Morgan fingerprint density at radius 1 is 1.08 bits per heavy atom. The highest BCUT2D eigenvalue weighted by Gasteiger charge is 2.13. The Balaban J connectivity index is 1.59. The molecule has 0 spiro atoms. The van der Waals surface area contributed by atoms with Crippen LogP contribution < -0.4 is 4.74 Å². The van der Waals surface area contributed by atoms with E-state index in [4.69, 9.17) is 9.72 Å². The van der Waals surface area contributed by atoms with E-state index in [1.165, 1.54) is 11.1 Å². The van der Waals surface area contributed by atoms with Crippen LogP contribution in [0.25, 0.3) is 10.6 Å². The van der Waals surface area contributed by atoms with Crippen LogP contribution >= 0.6 is 11.3 Å². The minimum absolute atomic E-state index is 0.440. The lowest BCUT2D eigenvalue weighted by atomic mass is 10.1. The molecule has 0 N–H and O–H groups in total. The zero-order chi connectivity index (χ0) is 17.6. The van der Waals surface area contributed by atoms with Crippen molar-refractivity contribution in [3.63, 3.8) is 0 Å². The van der Waals surface area contributed by atoms with Gasteiger partial charge < -0.3 is 4.74 Å². The van der Waals surface area contributed by atoms with E-state index in [-0.39, 0.29) is 0 Å². The third-order valence-electron chi connectivity index (χ3n) is 4.43. The van der Waals surface area contributed by atoms with Crippen LogP contribution in [0.1, 0.15) is 18.2 Å². The lowest BCUT2D eigenvalue weighted by molar-refractivity contribution is 0.246. The summed E-state index contributed by atoms with van der Waals surface area (Å²) in [5, 5.41) is 3.26. The monoisotopic (exact) mass is 352 g/mol. The molecule has 3 nitrogen and oxygen atoms in total. The minimum atomic E-state index is 0.440. The molecule has 4 heteroatoms. The molecule has 0 fully saturated rings. The maximum Gasteiger partial charge on any atom is 0.123 e. The van der Waals surface area contributed by atoms with Gasteiger partial charge in [-0.2, -0.15) is 0 Å². The Morgan fingerprint density at radius 3 is 2.48 bits per heavy atom. The molecule has 25 heavy (non-hydrogen) atoms. The molecule has 2 aromatic carbocycles. The highest BCUT2D eigenvalue weighted by atomic mass is 32.1. The number of methoxy groups -OCH3 is 1. The van der Waals surface area contributed by atoms with Gasteiger partial charge in [0.15, 0.2) is 0 Å². The second kappa shape index (κ2) is 8.28. The largest absolute Gasteiger partial charge is 0.497 e. The molecular weight excluding hydrogens is 328 g/mol. The maximum atomic E-state index is 5.22. The molecule has 0 saturated carbocycles. The third kappa shape index (κ3) is 4.68. The van der Waals surface area contributed by atoms with E-state index >= 15 is 0 Å². The molecule has 1 atom stereocenters. The highest BCUT2D eigenvalue weighted by molar-refractivity contribution is 7.13. The summed E-state index contributed by atoms with van der Waals surface area (Å²) in [5.41, 5.74) is 3.64. The van der Waals surface area contributed by atoms with Crippen molar-refractivity contribution >= 4 is 11.3 Å². The molecule has 1 unspecified atom stereocenters. The van der Waals surface area contributed by atoms with E-state index in [0.29, 0.717) is 6.04 Å². The third-order valence-corrected chi connectivity index (χ3v) is 5.37. The normalized spacial score (nSPS) is 12.3. The molecule has 3 aromatic rings. The predicted octanol–water partition coefficient (Wildman–Crippen LogP) is 4.88. The smallest absolute Gasteiger partial charge is 0.123 e. The Hall–Kier alpha value is -2.17. The fourth-order valence-corrected chi connectivity index (χ4v) is 3.58. The van der Waals surface area contributed by atoms with Gasteiger partial charge >= 0.3 is 0 Å². The summed E-state index contributed by atoms with van der Waals surface area (Å²) < 4.78 is 5.22. The molecule has 0 aliphatic rings. The fourth-order valence-electron chi connectivity index (χ4n) is 2.76. The van der Waals surface area contributed by atoms with Gasteiger partial charge in [-0.3, -0.25) is 4.90 Å². The molecule has 3 rings (SSSR count). The average molecular weight is 353 g/mol. The first-order valence-corrected chi connectivity index (χ1v) is 9.36. The average Bonchev–Trinajstić information content (AvgIpc) is 3.11. The van der Waals surface area contributed by atoms with E-state index in [9.17, 15) is 0 Å². The van der Waals surface area contributed by atoms with E-state index < -0.39 is 0 Å².